The third-order valence-electron chi connectivity index (χ3n) is 3.80. The van der Waals surface area contributed by atoms with E-state index in [-0.39, 0.29) is 6.54 Å². The first kappa shape index (κ1) is 18.0. The number of nitrogens with one attached hydrogen (secondary N) is 2. The van der Waals surface area contributed by atoms with Crippen LogP contribution in [0.1, 0.15) is 11.7 Å². The van der Waals surface area contributed by atoms with E-state index < -0.39 is 17.9 Å². The minimum Gasteiger partial charge on any atom is -0.387 e. The van der Waals surface area contributed by atoms with E-state index in [4.69, 9.17) is 0 Å². The van der Waals surface area contributed by atoms with Crippen molar-refractivity contribution in [3.63, 3.8) is 0 Å². The first-order valence-electron chi connectivity index (χ1n) is 7.82. The number of likely N-dealkylation sites (N-methyl/N-ethyl adjacent to an activating group) is 1. The average molecular weight is 332 g/mol. The van der Waals surface area contributed by atoms with Crippen molar-refractivity contribution < 1.29 is 14.7 Å². The number of aryl methyl sites for hydroxylation is 1. The number of aliphatic hydroxyl groups is 1. The van der Waals surface area contributed by atoms with Crippen molar-refractivity contribution in [1.82, 2.24) is 20.1 Å². The zero-order valence-electron chi connectivity index (χ0n) is 14.2. The van der Waals surface area contributed by atoms with Crippen LogP contribution in [-0.4, -0.2) is 60.1 Å². The fourth-order valence-corrected chi connectivity index (χ4v) is 2.37. The number of amides is 2. The van der Waals surface area contributed by atoms with E-state index in [2.05, 4.69) is 10.6 Å². The average Bonchev–Trinajstić information content (AvgIpc) is 2.92. The molecule has 0 bridgehead atoms. The Kier molecular flexibility index (Phi) is 5.94. The number of benzene rings is 1. The fourth-order valence-electron chi connectivity index (χ4n) is 2.37. The van der Waals surface area contributed by atoms with E-state index in [9.17, 15) is 14.7 Å². The molecule has 2 rings (SSSR count). The fraction of sp³-hybridized carbons (Fsp3) is 0.412. The molecule has 0 aliphatic rings. The topological polar surface area (TPSA) is 86.6 Å². The number of fused-ring (bicyclic) bond motifs is 1. The second kappa shape index (κ2) is 7.94. The van der Waals surface area contributed by atoms with Gasteiger partial charge in [0.1, 0.15) is 0 Å². The van der Waals surface area contributed by atoms with Crippen molar-refractivity contribution in [3.05, 3.63) is 36.0 Å². The lowest BCUT2D eigenvalue weighted by Gasteiger charge is -2.13. The van der Waals surface area contributed by atoms with Gasteiger partial charge in [0.2, 0.25) is 0 Å². The number of nitrogens with zero attached hydrogens (tertiary/aromatic N) is 2. The summed E-state index contributed by atoms with van der Waals surface area (Å²) in [5.74, 6) is -1.43. The lowest BCUT2D eigenvalue weighted by atomic mass is 10.1. The highest BCUT2D eigenvalue weighted by atomic mass is 16.3. The van der Waals surface area contributed by atoms with Crippen molar-refractivity contribution in [1.29, 1.82) is 0 Å². The number of hydrogen-bond donors (Lipinski definition) is 3. The molecule has 130 valence electrons. The summed E-state index contributed by atoms with van der Waals surface area (Å²) in [6, 6.07) is 7.58. The standard InChI is InChI=1S/C17H24N4O3/c1-20(2)9-7-18-16(23)17(24)19-11-15(22)13-4-5-14-12(10-13)6-8-21(14)3/h4-6,8,10,15,22H,7,9,11H2,1-3H3,(H,18,23)(H,19,24). The molecule has 1 aromatic heterocycles. The summed E-state index contributed by atoms with van der Waals surface area (Å²) in [4.78, 5) is 25.2. The van der Waals surface area contributed by atoms with Crippen molar-refractivity contribution in [3.8, 4) is 0 Å². The Bertz CT molecular complexity index is 724. The lowest BCUT2D eigenvalue weighted by molar-refractivity contribution is -0.139. The van der Waals surface area contributed by atoms with E-state index in [0.717, 1.165) is 10.9 Å². The summed E-state index contributed by atoms with van der Waals surface area (Å²) >= 11 is 0. The lowest BCUT2D eigenvalue weighted by Crippen LogP contribution is -2.43. The minimum absolute atomic E-state index is 0.0156. The normalized spacial score (nSPS) is 12.4. The quantitative estimate of drug-likeness (QED) is 0.650. The minimum atomic E-state index is -0.867. The molecule has 7 heteroatoms. The van der Waals surface area contributed by atoms with Gasteiger partial charge in [-0.05, 0) is 43.2 Å². The van der Waals surface area contributed by atoms with Gasteiger partial charge in [-0.2, -0.15) is 0 Å². The van der Waals surface area contributed by atoms with Gasteiger partial charge >= 0.3 is 11.8 Å². The second-order valence-corrected chi connectivity index (χ2v) is 6.03. The van der Waals surface area contributed by atoms with Gasteiger partial charge in [0.25, 0.3) is 0 Å². The molecular formula is C17H24N4O3. The van der Waals surface area contributed by atoms with Crippen LogP contribution >= 0.6 is 0 Å². The molecule has 24 heavy (non-hydrogen) atoms. The smallest absolute Gasteiger partial charge is 0.309 e. The maximum absolute atomic E-state index is 11.7. The molecule has 1 aromatic carbocycles. The van der Waals surface area contributed by atoms with Crippen molar-refractivity contribution in [2.75, 3.05) is 33.7 Å². The number of hydrogen-bond acceptors (Lipinski definition) is 4. The van der Waals surface area contributed by atoms with Gasteiger partial charge in [0.15, 0.2) is 0 Å². The molecule has 0 spiro atoms. The number of carbonyl (C=O) groups is 2. The molecule has 1 atom stereocenters. The first-order valence-corrected chi connectivity index (χ1v) is 7.82. The molecule has 7 nitrogen and oxygen atoms in total. The van der Waals surface area contributed by atoms with Gasteiger partial charge in [-0.25, -0.2) is 0 Å². The van der Waals surface area contributed by atoms with Crippen LogP contribution in [-0.2, 0) is 16.6 Å². The molecule has 2 amide bonds. The molecule has 0 saturated carbocycles. The van der Waals surface area contributed by atoms with Gasteiger partial charge in [-0.1, -0.05) is 6.07 Å². The van der Waals surface area contributed by atoms with Gasteiger partial charge in [0, 0.05) is 38.4 Å². The van der Waals surface area contributed by atoms with Crippen LogP contribution in [0.25, 0.3) is 10.9 Å². The molecule has 0 aliphatic carbocycles. The highest BCUT2D eigenvalue weighted by Gasteiger charge is 2.15. The Labute approximate surface area is 141 Å². The zero-order valence-corrected chi connectivity index (χ0v) is 14.2. The first-order chi connectivity index (χ1) is 11.4. The third kappa shape index (κ3) is 4.56. The summed E-state index contributed by atoms with van der Waals surface area (Å²) < 4.78 is 1.99. The van der Waals surface area contributed by atoms with E-state index in [1.807, 2.05) is 61.1 Å². The second-order valence-electron chi connectivity index (χ2n) is 6.03. The number of rotatable bonds is 6. The summed E-state index contributed by atoms with van der Waals surface area (Å²) in [5, 5.41) is 16.2. The van der Waals surface area contributed by atoms with Crippen LogP contribution in [0.15, 0.2) is 30.5 Å². The van der Waals surface area contributed by atoms with Gasteiger partial charge < -0.3 is 25.2 Å². The third-order valence-corrected chi connectivity index (χ3v) is 3.80. The van der Waals surface area contributed by atoms with Crippen LogP contribution in [0.5, 0.6) is 0 Å². The van der Waals surface area contributed by atoms with Crippen LogP contribution < -0.4 is 10.6 Å². The highest BCUT2D eigenvalue weighted by Crippen LogP contribution is 2.20. The molecule has 0 aliphatic heterocycles. The van der Waals surface area contributed by atoms with Gasteiger partial charge in [-0.3, -0.25) is 9.59 Å². The van der Waals surface area contributed by atoms with E-state index >= 15 is 0 Å². The predicted molar refractivity (Wildman–Crippen MR) is 92.5 cm³/mol. The molecule has 3 N–H and O–H groups in total. The molecular weight excluding hydrogens is 308 g/mol. The number of carbonyl (C=O) groups excluding carboxylic acids is 2. The molecule has 0 saturated heterocycles. The molecule has 1 heterocycles. The highest BCUT2D eigenvalue weighted by molar-refractivity contribution is 6.35. The Morgan fingerprint density at radius 3 is 2.62 bits per heavy atom. The SMILES string of the molecule is CN(C)CCNC(=O)C(=O)NCC(O)c1ccc2c(ccn2C)c1. The molecule has 2 aromatic rings. The van der Waals surface area contributed by atoms with E-state index in [1.165, 1.54) is 0 Å². The van der Waals surface area contributed by atoms with E-state index in [0.29, 0.717) is 18.7 Å². The van der Waals surface area contributed by atoms with Crippen LogP contribution in [0.3, 0.4) is 0 Å². The van der Waals surface area contributed by atoms with Crippen LogP contribution in [0.4, 0.5) is 0 Å². The van der Waals surface area contributed by atoms with Crippen LogP contribution in [0, 0.1) is 0 Å². The largest absolute Gasteiger partial charge is 0.387 e. The summed E-state index contributed by atoms with van der Waals surface area (Å²) in [6.45, 7) is 1.03. The predicted octanol–water partition coefficient (Wildman–Crippen LogP) is 0.00570. The van der Waals surface area contributed by atoms with Crippen molar-refractivity contribution >= 4 is 22.7 Å². The van der Waals surface area contributed by atoms with Gasteiger partial charge in [0.05, 0.1) is 6.10 Å². The van der Waals surface area contributed by atoms with Crippen molar-refractivity contribution in [2.45, 2.75) is 6.10 Å². The number of aliphatic hydroxyl groups excluding tert-OH is 1. The molecule has 0 fully saturated rings. The van der Waals surface area contributed by atoms with Gasteiger partial charge in [-0.15, -0.1) is 0 Å². The Hall–Kier alpha value is -2.38. The maximum atomic E-state index is 11.7. The zero-order chi connectivity index (χ0) is 17.7. The maximum Gasteiger partial charge on any atom is 0.309 e. The Morgan fingerprint density at radius 2 is 1.92 bits per heavy atom. The monoisotopic (exact) mass is 332 g/mol. The molecule has 1 unspecified atom stereocenters. The number of aromatic nitrogens is 1. The summed E-state index contributed by atoms with van der Waals surface area (Å²) in [5.41, 5.74) is 1.76. The Morgan fingerprint density at radius 1 is 1.21 bits per heavy atom. The summed E-state index contributed by atoms with van der Waals surface area (Å²) in [7, 11) is 5.71. The summed E-state index contributed by atoms with van der Waals surface area (Å²) in [6.07, 6.45) is 1.08. The van der Waals surface area contributed by atoms with Crippen LogP contribution in [0.2, 0.25) is 0 Å². The molecule has 0 radical (unpaired) electrons. The van der Waals surface area contributed by atoms with Crippen molar-refractivity contribution in [2.24, 2.45) is 7.05 Å². The van der Waals surface area contributed by atoms with E-state index in [1.54, 1.807) is 0 Å². The Balaban J connectivity index is 1.85.